The number of rotatable bonds is 35. The average Bonchev–Trinajstić information content (AvgIpc) is 3.06. The molecule has 48 heavy (non-hydrogen) atoms. The number of ether oxygens (including phenoxy) is 1. The predicted molar refractivity (Wildman–Crippen MR) is 208 cm³/mol. The number of esters is 1. The SMILES string of the molecule is CC/C=C\C/C=C\C/C=C\C/C=C\C/C=C\C/C=C\CCC(=O)OC(C)CCCCCCCCCCCCCCCCCCCC(=O)O. The monoisotopic (exact) mass is 667 g/mol. The van der Waals surface area contributed by atoms with Gasteiger partial charge in [0, 0.05) is 12.8 Å². The Morgan fingerprint density at radius 3 is 1.19 bits per heavy atom. The Balaban J connectivity index is 3.47. The molecular formula is C44H74O4. The summed E-state index contributed by atoms with van der Waals surface area (Å²) in [6, 6.07) is 0. The van der Waals surface area contributed by atoms with Gasteiger partial charge in [-0.1, -0.05) is 176 Å². The first-order valence-electron chi connectivity index (χ1n) is 19.9. The van der Waals surface area contributed by atoms with E-state index in [1.54, 1.807) is 0 Å². The van der Waals surface area contributed by atoms with E-state index in [4.69, 9.17) is 9.84 Å². The molecule has 1 unspecified atom stereocenters. The third-order valence-electron chi connectivity index (χ3n) is 8.45. The molecule has 0 aliphatic heterocycles. The molecule has 1 atom stereocenters. The van der Waals surface area contributed by atoms with Crippen LogP contribution >= 0.6 is 0 Å². The number of unbranched alkanes of at least 4 members (excludes halogenated alkanes) is 16. The number of carboxylic acid groups (broad SMARTS) is 1. The summed E-state index contributed by atoms with van der Waals surface area (Å²) in [7, 11) is 0. The van der Waals surface area contributed by atoms with E-state index in [1.165, 1.54) is 89.9 Å². The van der Waals surface area contributed by atoms with Crippen LogP contribution in [0.25, 0.3) is 0 Å². The molecule has 0 aromatic rings. The van der Waals surface area contributed by atoms with Gasteiger partial charge >= 0.3 is 11.9 Å². The molecule has 0 aliphatic rings. The van der Waals surface area contributed by atoms with Gasteiger partial charge in [-0.3, -0.25) is 9.59 Å². The molecule has 0 rings (SSSR count). The van der Waals surface area contributed by atoms with Gasteiger partial charge in [-0.15, -0.1) is 0 Å². The van der Waals surface area contributed by atoms with Crippen molar-refractivity contribution in [2.24, 2.45) is 0 Å². The lowest BCUT2D eigenvalue weighted by Crippen LogP contribution is -2.14. The lowest BCUT2D eigenvalue weighted by Gasteiger charge is -2.12. The van der Waals surface area contributed by atoms with Gasteiger partial charge in [0.15, 0.2) is 0 Å². The van der Waals surface area contributed by atoms with Gasteiger partial charge in [-0.25, -0.2) is 0 Å². The maximum Gasteiger partial charge on any atom is 0.306 e. The lowest BCUT2D eigenvalue weighted by atomic mass is 10.0. The topological polar surface area (TPSA) is 63.6 Å². The van der Waals surface area contributed by atoms with E-state index >= 15 is 0 Å². The number of aliphatic carboxylic acids is 1. The fourth-order valence-corrected chi connectivity index (χ4v) is 5.54. The van der Waals surface area contributed by atoms with Gasteiger partial charge in [0.1, 0.15) is 0 Å². The second-order valence-corrected chi connectivity index (χ2v) is 13.2. The van der Waals surface area contributed by atoms with E-state index in [0.29, 0.717) is 12.8 Å². The molecule has 0 bridgehead atoms. The second-order valence-electron chi connectivity index (χ2n) is 13.2. The highest BCUT2D eigenvalue weighted by Crippen LogP contribution is 2.15. The minimum absolute atomic E-state index is 0.0200. The molecular weight excluding hydrogens is 592 g/mol. The molecule has 0 amide bonds. The average molecular weight is 667 g/mol. The maximum absolute atomic E-state index is 12.1. The van der Waals surface area contributed by atoms with Crippen molar-refractivity contribution in [3.8, 4) is 0 Å². The van der Waals surface area contributed by atoms with Crippen LogP contribution in [-0.2, 0) is 14.3 Å². The van der Waals surface area contributed by atoms with E-state index in [0.717, 1.165) is 70.6 Å². The highest BCUT2D eigenvalue weighted by Gasteiger charge is 2.08. The molecule has 0 saturated carbocycles. The van der Waals surface area contributed by atoms with E-state index in [-0.39, 0.29) is 12.1 Å². The largest absolute Gasteiger partial charge is 0.481 e. The van der Waals surface area contributed by atoms with Crippen LogP contribution in [0, 0.1) is 0 Å². The zero-order chi connectivity index (χ0) is 35.0. The number of carboxylic acids is 1. The Morgan fingerprint density at radius 2 is 0.812 bits per heavy atom. The van der Waals surface area contributed by atoms with Crippen molar-refractivity contribution in [2.45, 2.75) is 193 Å². The first kappa shape index (κ1) is 45.4. The predicted octanol–water partition coefficient (Wildman–Crippen LogP) is 13.9. The Labute approximate surface area is 297 Å². The minimum atomic E-state index is -0.666. The number of hydrogen-bond donors (Lipinski definition) is 1. The number of allylic oxidation sites excluding steroid dienone is 12. The smallest absolute Gasteiger partial charge is 0.306 e. The van der Waals surface area contributed by atoms with Crippen LogP contribution in [0.5, 0.6) is 0 Å². The van der Waals surface area contributed by atoms with E-state index in [1.807, 2.05) is 6.92 Å². The second kappa shape index (κ2) is 38.8. The Kier molecular flexibility index (Phi) is 36.7. The molecule has 1 N–H and O–H groups in total. The maximum atomic E-state index is 12.1. The van der Waals surface area contributed by atoms with Gasteiger partial charge in [0.05, 0.1) is 6.10 Å². The number of hydrogen-bond acceptors (Lipinski definition) is 3. The summed E-state index contributed by atoms with van der Waals surface area (Å²) in [6.45, 7) is 4.19. The molecule has 0 fully saturated rings. The Bertz CT molecular complexity index is 892. The molecule has 0 aromatic carbocycles. The summed E-state index contributed by atoms with van der Waals surface area (Å²) in [6.07, 6.45) is 56.3. The molecule has 0 heterocycles. The molecule has 0 spiro atoms. The van der Waals surface area contributed by atoms with Crippen molar-refractivity contribution in [1.82, 2.24) is 0 Å². The van der Waals surface area contributed by atoms with Crippen molar-refractivity contribution in [3.05, 3.63) is 72.9 Å². The van der Waals surface area contributed by atoms with Crippen LogP contribution in [0.15, 0.2) is 72.9 Å². The van der Waals surface area contributed by atoms with Crippen LogP contribution < -0.4 is 0 Å². The quantitative estimate of drug-likeness (QED) is 0.0415. The highest BCUT2D eigenvalue weighted by atomic mass is 16.5. The van der Waals surface area contributed by atoms with Crippen LogP contribution in [0.1, 0.15) is 187 Å². The van der Waals surface area contributed by atoms with Gasteiger partial charge in [0.25, 0.3) is 0 Å². The summed E-state index contributed by atoms with van der Waals surface area (Å²) >= 11 is 0. The van der Waals surface area contributed by atoms with Crippen LogP contribution in [0.2, 0.25) is 0 Å². The standard InChI is InChI=1S/C44H74O4/c1-3-4-5-6-7-8-9-10-11-12-13-17-20-23-26-29-32-35-38-41-44(47)48-42(2)39-36-33-30-27-24-21-18-15-14-16-19-22-25-28-31-34-37-40-43(45)46/h4-5,7-8,10-11,13,17,23,26,32,35,42H,3,6,9,12,14-16,18-22,24-25,27-31,33-34,36-41H2,1-2H3,(H,45,46)/b5-4-,8-7-,11-10-,17-13-,26-23-,35-32-. The fraction of sp³-hybridized carbons (Fsp3) is 0.682. The van der Waals surface area contributed by atoms with E-state index in [9.17, 15) is 9.59 Å². The van der Waals surface area contributed by atoms with Gasteiger partial charge in [-0.2, -0.15) is 0 Å². The lowest BCUT2D eigenvalue weighted by molar-refractivity contribution is -0.148. The summed E-state index contributed by atoms with van der Waals surface area (Å²) in [5, 5.41) is 8.65. The summed E-state index contributed by atoms with van der Waals surface area (Å²) in [4.78, 5) is 22.6. The molecule has 0 saturated heterocycles. The van der Waals surface area contributed by atoms with Crippen molar-refractivity contribution >= 4 is 11.9 Å². The van der Waals surface area contributed by atoms with Gasteiger partial charge < -0.3 is 9.84 Å². The van der Waals surface area contributed by atoms with Crippen molar-refractivity contribution in [2.75, 3.05) is 0 Å². The highest BCUT2D eigenvalue weighted by molar-refractivity contribution is 5.69. The van der Waals surface area contributed by atoms with Crippen molar-refractivity contribution in [3.63, 3.8) is 0 Å². The van der Waals surface area contributed by atoms with Gasteiger partial charge in [-0.05, 0) is 71.1 Å². The van der Waals surface area contributed by atoms with Crippen LogP contribution in [0.4, 0.5) is 0 Å². The molecule has 0 aliphatic carbocycles. The fourth-order valence-electron chi connectivity index (χ4n) is 5.54. The molecule has 4 heteroatoms. The summed E-state index contributed by atoms with van der Waals surface area (Å²) in [5.74, 6) is -0.743. The number of carbonyl (C=O) groups is 2. The Morgan fingerprint density at radius 1 is 0.479 bits per heavy atom. The Hall–Kier alpha value is -2.62. The minimum Gasteiger partial charge on any atom is -0.481 e. The first-order chi connectivity index (χ1) is 23.6. The third-order valence-corrected chi connectivity index (χ3v) is 8.45. The van der Waals surface area contributed by atoms with Crippen molar-refractivity contribution < 1.29 is 19.4 Å². The number of carbonyl (C=O) groups excluding carboxylic acids is 1. The first-order valence-corrected chi connectivity index (χ1v) is 19.9. The molecule has 274 valence electrons. The molecule has 0 aromatic heterocycles. The van der Waals surface area contributed by atoms with E-state index in [2.05, 4.69) is 79.8 Å². The normalized spacial score (nSPS) is 13.0. The van der Waals surface area contributed by atoms with E-state index < -0.39 is 5.97 Å². The zero-order valence-electron chi connectivity index (χ0n) is 31.3. The molecule has 4 nitrogen and oxygen atoms in total. The van der Waals surface area contributed by atoms with Gasteiger partial charge in [0.2, 0.25) is 0 Å². The third kappa shape index (κ3) is 39.6. The van der Waals surface area contributed by atoms with Crippen molar-refractivity contribution in [1.29, 1.82) is 0 Å². The summed E-state index contributed by atoms with van der Waals surface area (Å²) in [5.41, 5.74) is 0. The molecule has 0 radical (unpaired) electrons. The van der Waals surface area contributed by atoms with Crippen LogP contribution in [0.3, 0.4) is 0 Å². The van der Waals surface area contributed by atoms with Crippen LogP contribution in [-0.4, -0.2) is 23.1 Å². The summed E-state index contributed by atoms with van der Waals surface area (Å²) < 4.78 is 5.61. The zero-order valence-corrected chi connectivity index (χ0v) is 31.3.